The third kappa shape index (κ3) is 8.94. The number of halogens is 3. The Morgan fingerprint density at radius 1 is 1.12 bits per heavy atom. The van der Waals surface area contributed by atoms with Gasteiger partial charge in [-0.1, -0.05) is 0 Å². The van der Waals surface area contributed by atoms with Gasteiger partial charge < -0.3 is 15.1 Å². The second-order valence-electron chi connectivity index (χ2n) is 4.38. The van der Waals surface area contributed by atoms with Crippen LogP contribution >= 0.6 is 0 Å². The average Bonchev–Trinajstić information content (AvgIpc) is 2.11. The lowest BCUT2D eigenvalue weighted by Gasteiger charge is -2.26. The van der Waals surface area contributed by atoms with Gasteiger partial charge in [-0.2, -0.15) is 13.2 Å². The maximum absolute atomic E-state index is 11.9. The molecule has 0 saturated heterocycles. The van der Waals surface area contributed by atoms with Crippen LogP contribution in [-0.4, -0.2) is 69.3 Å². The Kier molecular flexibility index (Phi) is 6.94. The highest BCUT2D eigenvalue weighted by Gasteiger charge is 2.26. The van der Waals surface area contributed by atoms with Crippen molar-refractivity contribution in [2.75, 3.05) is 47.3 Å². The van der Waals surface area contributed by atoms with Gasteiger partial charge in [0.25, 0.3) is 0 Å². The normalized spacial score (nSPS) is 14.8. The van der Waals surface area contributed by atoms with Gasteiger partial charge in [-0.3, -0.25) is 0 Å². The predicted octanol–water partition coefficient (Wildman–Crippen LogP) is 1.02. The van der Waals surface area contributed by atoms with E-state index in [1.807, 2.05) is 37.9 Å². The summed E-state index contributed by atoms with van der Waals surface area (Å²) in [5.74, 6) is 0. The largest absolute Gasteiger partial charge is 0.401 e. The molecule has 0 fully saturated rings. The van der Waals surface area contributed by atoms with Gasteiger partial charge in [0.2, 0.25) is 0 Å². The molecule has 0 aliphatic carbocycles. The monoisotopic (exact) mass is 241 g/mol. The predicted molar refractivity (Wildman–Crippen MR) is 59.6 cm³/mol. The number of hydrogen-bond acceptors (Lipinski definition) is 3. The summed E-state index contributed by atoms with van der Waals surface area (Å²) in [7, 11) is 5.87. The van der Waals surface area contributed by atoms with Crippen molar-refractivity contribution < 1.29 is 13.2 Å². The first kappa shape index (κ1) is 15.7. The molecule has 6 heteroatoms. The molecule has 1 unspecified atom stereocenters. The molecule has 0 radical (unpaired) electrons. The SMILES string of the molecule is CC(CNCC(F)(F)F)N(C)CCN(C)C. The van der Waals surface area contributed by atoms with Crippen molar-refractivity contribution in [3.8, 4) is 0 Å². The maximum atomic E-state index is 11.9. The van der Waals surface area contributed by atoms with Gasteiger partial charge in [0.05, 0.1) is 6.54 Å². The third-order valence-corrected chi connectivity index (χ3v) is 2.42. The fraction of sp³-hybridized carbons (Fsp3) is 1.00. The van der Waals surface area contributed by atoms with Gasteiger partial charge >= 0.3 is 6.18 Å². The standard InChI is InChI=1S/C10H22F3N3/c1-9(7-14-8-10(11,12)13)16(4)6-5-15(2)3/h9,14H,5-8H2,1-4H3. The molecule has 0 aromatic carbocycles. The molecule has 0 bridgehead atoms. The smallest absolute Gasteiger partial charge is 0.308 e. The summed E-state index contributed by atoms with van der Waals surface area (Å²) in [6, 6.07) is 0.0994. The second kappa shape index (κ2) is 7.09. The molecule has 0 amide bonds. The van der Waals surface area contributed by atoms with Crippen LogP contribution in [0.3, 0.4) is 0 Å². The minimum absolute atomic E-state index is 0.0994. The average molecular weight is 241 g/mol. The summed E-state index contributed by atoms with van der Waals surface area (Å²) >= 11 is 0. The number of rotatable bonds is 7. The lowest BCUT2D eigenvalue weighted by atomic mass is 10.3. The number of nitrogens with zero attached hydrogens (tertiary/aromatic N) is 2. The van der Waals surface area contributed by atoms with E-state index in [9.17, 15) is 13.2 Å². The van der Waals surface area contributed by atoms with Gasteiger partial charge in [0, 0.05) is 25.7 Å². The summed E-state index contributed by atoms with van der Waals surface area (Å²) in [5, 5.41) is 2.41. The van der Waals surface area contributed by atoms with Crippen LogP contribution in [0.25, 0.3) is 0 Å². The zero-order valence-corrected chi connectivity index (χ0v) is 10.4. The van der Waals surface area contributed by atoms with Crippen molar-refractivity contribution in [3.05, 3.63) is 0 Å². The highest BCUT2D eigenvalue weighted by atomic mass is 19.4. The topological polar surface area (TPSA) is 18.5 Å². The van der Waals surface area contributed by atoms with Crippen LogP contribution in [0.1, 0.15) is 6.92 Å². The molecule has 0 aliphatic heterocycles. The Balaban J connectivity index is 3.67. The summed E-state index contributed by atoms with van der Waals surface area (Å²) in [6.07, 6.45) is -4.12. The molecular weight excluding hydrogens is 219 g/mol. The number of nitrogens with one attached hydrogen (secondary N) is 1. The Labute approximate surface area is 95.6 Å². The Morgan fingerprint density at radius 3 is 2.12 bits per heavy atom. The Morgan fingerprint density at radius 2 is 1.69 bits per heavy atom. The van der Waals surface area contributed by atoms with Gasteiger partial charge in [0.15, 0.2) is 0 Å². The number of alkyl halides is 3. The highest BCUT2D eigenvalue weighted by Crippen LogP contribution is 2.12. The molecule has 1 atom stereocenters. The van der Waals surface area contributed by atoms with Crippen molar-refractivity contribution in [1.29, 1.82) is 0 Å². The van der Waals surface area contributed by atoms with Crippen LogP contribution in [0.15, 0.2) is 0 Å². The summed E-state index contributed by atoms with van der Waals surface area (Å²) in [4.78, 5) is 4.09. The van der Waals surface area contributed by atoms with Crippen molar-refractivity contribution in [2.45, 2.75) is 19.1 Å². The lowest BCUT2D eigenvalue weighted by Crippen LogP contribution is -2.43. The molecule has 0 aliphatic rings. The molecular formula is C10H22F3N3. The van der Waals surface area contributed by atoms with E-state index in [1.54, 1.807) is 0 Å². The second-order valence-corrected chi connectivity index (χ2v) is 4.38. The third-order valence-electron chi connectivity index (χ3n) is 2.42. The fourth-order valence-electron chi connectivity index (χ4n) is 1.16. The minimum Gasteiger partial charge on any atom is -0.308 e. The molecule has 0 aromatic rings. The quantitative estimate of drug-likeness (QED) is 0.718. The van der Waals surface area contributed by atoms with Crippen LogP contribution in [0.4, 0.5) is 13.2 Å². The van der Waals surface area contributed by atoms with Crippen LogP contribution in [0, 0.1) is 0 Å². The van der Waals surface area contributed by atoms with E-state index in [4.69, 9.17) is 0 Å². The molecule has 1 N–H and O–H groups in total. The van der Waals surface area contributed by atoms with Crippen LogP contribution in [0.5, 0.6) is 0 Å². The first-order valence-corrected chi connectivity index (χ1v) is 5.35. The van der Waals surface area contributed by atoms with E-state index in [0.29, 0.717) is 6.54 Å². The van der Waals surface area contributed by atoms with Crippen molar-refractivity contribution in [2.24, 2.45) is 0 Å². The molecule has 0 rings (SSSR count). The summed E-state index contributed by atoms with van der Waals surface area (Å²) in [5.41, 5.74) is 0. The van der Waals surface area contributed by atoms with E-state index < -0.39 is 12.7 Å². The molecule has 16 heavy (non-hydrogen) atoms. The molecule has 0 spiro atoms. The van der Waals surface area contributed by atoms with Gasteiger partial charge in [-0.25, -0.2) is 0 Å². The van der Waals surface area contributed by atoms with Gasteiger partial charge in [0.1, 0.15) is 0 Å². The van der Waals surface area contributed by atoms with Gasteiger partial charge in [-0.05, 0) is 28.1 Å². The zero-order chi connectivity index (χ0) is 12.8. The molecule has 0 heterocycles. The Hall–Kier alpha value is -0.330. The van der Waals surface area contributed by atoms with Crippen LogP contribution in [-0.2, 0) is 0 Å². The lowest BCUT2D eigenvalue weighted by molar-refractivity contribution is -0.125. The van der Waals surface area contributed by atoms with E-state index in [-0.39, 0.29) is 6.04 Å². The van der Waals surface area contributed by atoms with Crippen molar-refractivity contribution in [3.63, 3.8) is 0 Å². The fourth-order valence-corrected chi connectivity index (χ4v) is 1.16. The molecule has 98 valence electrons. The van der Waals surface area contributed by atoms with E-state index in [2.05, 4.69) is 5.32 Å². The van der Waals surface area contributed by atoms with Gasteiger partial charge in [-0.15, -0.1) is 0 Å². The molecule has 0 aromatic heterocycles. The van der Waals surface area contributed by atoms with E-state index >= 15 is 0 Å². The minimum atomic E-state index is -4.12. The van der Waals surface area contributed by atoms with Crippen LogP contribution < -0.4 is 5.32 Å². The first-order valence-electron chi connectivity index (χ1n) is 5.35. The van der Waals surface area contributed by atoms with E-state index in [0.717, 1.165) is 13.1 Å². The van der Waals surface area contributed by atoms with E-state index in [1.165, 1.54) is 0 Å². The molecule has 3 nitrogen and oxygen atoms in total. The van der Waals surface area contributed by atoms with Crippen LogP contribution in [0.2, 0.25) is 0 Å². The maximum Gasteiger partial charge on any atom is 0.401 e. The summed E-state index contributed by atoms with van der Waals surface area (Å²) < 4.78 is 35.6. The Bertz CT molecular complexity index is 183. The highest BCUT2D eigenvalue weighted by molar-refractivity contribution is 4.68. The number of likely N-dealkylation sites (N-methyl/N-ethyl adjacent to an activating group) is 2. The number of hydrogen-bond donors (Lipinski definition) is 1. The van der Waals surface area contributed by atoms with Crippen molar-refractivity contribution >= 4 is 0 Å². The zero-order valence-electron chi connectivity index (χ0n) is 10.4. The first-order chi connectivity index (χ1) is 7.22. The van der Waals surface area contributed by atoms with Crippen molar-refractivity contribution in [1.82, 2.24) is 15.1 Å². The summed E-state index contributed by atoms with van der Waals surface area (Å²) in [6.45, 7) is 3.10. The molecule has 0 saturated carbocycles.